The van der Waals surface area contributed by atoms with Gasteiger partial charge in [-0.05, 0) is 24.5 Å². The van der Waals surface area contributed by atoms with Crippen molar-refractivity contribution in [2.75, 3.05) is 0 Å². The van der Waals surface area contributed by atoms with Crippen LogP contribution in [-0.2, 0) is 22.6 Å². The lowest BCUT2D eigenvalue weighted by Crippen LogP contribution is -2.34. The molecule has 0 fully saturated rings. The third-order valence-electron chi connectivity index (χ3n) is 4.35. The molecule has 0 aliphatic heterocycles. The molecule has 154 valence electrons. The zero-order valence-corrected chi connectivity index (χ0v) is 17.1. The maximum atomic E-state index is 13.2. The quantitative estimate of drug-likeness (QED) is 0.663. The molecule has 0 spiro atoms. The molecule has 28 heavy (non-hydrogen) atoms. The van der Waals surface area contributed by atoms with Gasteiger partial charge in [-0.2, -0.15) is 27.9 Å². The molecular formula is C19H23ClF3N3O2. The number of rotatable bonds is 5. The molecule has 0 unspecified atom stereocenters. The highest BCUT2D eigenvalue weighted by Crippen LogP contribution is 2.41. The van der Waals surface area contributed by atoms with Gasteiger partial charge in [0.05, 0.1) is 22.3 Å². The Hall–Kier alpha value is -2.18. The van der Waals surface area contributed by atoms with E-state index in [0.717, 1.165) is 16.8 Å². The number of alkyl halides is 3. The molecule has 9 heteroatoms. The van der Waals surface area contributed by atoms with Crippen LogP contribution in [0.3, 0.4) is 0 Å². The van der Waals surface area contributed by atoms with Crippen molar-refractivity contribution in [2.24, 2.45) is 5.41 Å². The van der Waals surface area contributed by atoms with Crippen LogP contribution in [0.2, 0.25) is 5.02 Å². The van der Waals surface area contributed by atoms with Crippen LogP contribution in [0.15, 0.2) is 18.5 Å². The second-order valence-electron chi connectivity index (χ2n) is 7.22. The van der Waals surface area contributed by atoms with Gasteiger partial charge in [-0.1, -0.05) is 39.3 Å². The van der Waals surface area contributed by atoms with Gasteiger partial charge in [0, 0.05) is 30.4 Å². The summed E-state index contributed by atoms with van der Waals surface area (Å²) in [6, 6.07) is 1.76. The Bertz CT molecular complexity index is 839. The molecule has 0 radical (unpaired) electrons. The monoisotopic (exact) mass is 417 g/mol. The van der Waals surface area contributed by atoms with Crippen LogP contribution in [-0.4, -0.2) is 27.1 Å². The smallest absolute Gasteiger partial charge is 0.264 e. The molecule has 2 aromatic rings. The van der Waals surface area contributed by atoms with Crippen molar-refractivity contribution in [3.05, 3.63) is 34.7 Å². The van der Waals surface area contributed by atoms with Gasteiger partial charge in [0.15, 0.2) is 0 Å². The summed E-state index contributed by atoms with van der Waals surface area (Å²) in [5.74, 6) is 0.113. The summed E-state index contributed by atoms with van der Waals surface area (Å²) >= 11 is 6.28. The molecule has 0 amide bonds. The topological polar surface area (TPSA) is 64.8 Å². The molecule has 0 saturated heterocycles. The lowest BCUT2D eigenvalue weighted by molar-refractivity contribution is -0.211. The highest BCUT2D eigenvalue weighted by Gasteiger charge is 2.47. The summed E-state index contributed by atoms with van der Waals surface area (Å²) in [6.45, 7) is 8.98. The van der Waals surface area contributed by atoms with E-state index in [0.29, 0.717) is 17.3 Å². The molecule has 0 atom stereocenters. The zero-order valence-electron chi connectivity index (χ0n) is 16.4. The Morgan fingerprint density at radius 3 is 2.25 bits per heavy atom. The zero-order chi connectivity index (χ0) is 21.7. The minimum Gasteiger partial charge on any atom is -0.264 e. The van der Waals surface area contributed by atoms with E-state index in [1.807, 2.05) is 20.8 Å². The maximum Gasteiger partial charge on any atom is 0.394 e. The number of nitrogens with zero attached hydrogens (tertiary/aromatic N) is 3. The van der Waals surface area contributed by atoms with E-state index in [1.54, 1.807) is 23.1 Å². The van der Waals surface area contributed by atoms with E-state index >= 15 is 0 Å². The van der Waals surface area contributed by atoms with Gasteiger partial charge in [-0.3, -0.25) is 9.67 Å². The fraction of sp³-hybridized carbons (Fsp3) is 0.526. The van der Waals surface area contributed by atoms with Gasteiger partial charge in [0.25, 0.3) is 0 Å². The Balaban J connectivity index is 0.00000122. The standard InChI is InChI=1S/C18H23ClF3N3.CO2/c1-6-25-16(15(19)10-24-25)14-9-23-12(7-13(14)11(2)3)8-17(4,5)18(20,21)22;2-1-3/h7,9-11H,6,8H2,1-5H3;. The molecule has 2 rings (SSSR count). The molecule has 2 aromatic heterocycles. The van der Waals surface area contributed by atoms with Crippen molar-refractivity contribution in [2.45, 2.75) is 59.7 Å². The van der Waals surface area contributed by atoms with Crippen molar-refractivity contribution >= 4 is 17.8 Å². The number of aromatic nitrogens is 3. The van der Waals surface area contributed by atoms with E-state index in [4.69, 9.17) is 21.2 Å². The van der Waals surface area contributed by atoms with Gasteiger partial charge in [0.2, 0.25) is 0 Å². The van der Waals surface area contributed by atoms with E-state index in [1.165, 1.54) is 13.8 Å². The molecule has 0 bridgehead atoms. The van der Waals surface area contributed by atoms with E-state index in [9.17, 15) is 13.2 Å². The fourth-order valence-electron chi connectivity index (χ4n) is 2.71. The Morgan fingerprint density at radius 2 is 1.79 bits per heavy atom. The van der Waals surface area contributed by atoms with Gasteiger partial charge in [-0.25, -0.2) is 0 Å². The number of carbonyl (C=O) groups excluding carboxylic acids is 2. The summed E-state index contributed by atoms with van der Waals surface area (Å²) in [5.41, 5.74) is 1.07. The number of aryl methyl sites for hydroxylation is 1. The molecule has 2 heterocycles. The first-order chi connectivity index (χ1) is 12.9. The van der Waals surface area contributed by atoms with Crippen LogP contribution in [0.1, 0.15) is 51.8 Å². The minimum absolute atomic E-state index is 0.113. The van der Waals surface area contributed by atoms with Gasteiger partial charge >= 0.3 is 12.3 Å². The van der Waals surface area contributed by atoms with E-state index < -0.39 is 11.6 Å². The molecular weight excluding hydrogens is 395 g/mol. The Labute approximate surface area is 166 Å². The number of hydrogen-bond donors (Lipinski definition) is 0. The molecule has 5 nitrogen and oxygen atoms in total. The summed E-state index contributed by atoms with van der Waals surface area (Å²) in [4.78, 5) is 20.5. The molecule has 0 N–H and O–H groups in total. The predicted octanol–water partition coefficient (Wildman–Crippen LogP) is 5.29. The first-order valence-corrected chi connectivity index (χ1v) is 9.03. The van der Waals surface area contributed by atoms with Crippen molar-refractivity contribution in [3.8, 4) is 11.3 Å². The van der Waals surface area contributed by atoms with Crippen molar-refractivity contribution < 1.29 is 22.8 Å². The first kappa shape index (κ1) is 23.9. The maximum absolute atomic E-state index is 13.2. The van der Waals surface area contributed by atoms with E-state index in [-0.39, 0.29) is 18.5 Å². The largest absolute Gasteiger partial charge is 0.394 e. The summed E-state index contributed by atoms with van der Waals surface area (Å²) in [6.07, 6.45) is -1.01. The summed E-state index contributed by atoms with van der Waals surface area (Å²) < 4.78 is 41.3. The van der Waals surface area contributed by atoms with Crippen LogP contribution in [0.5, 0.6) is 0 Å². The normalized spacial score (nSPS) is 11.8. The third kappa shape index (κ3) is 5.42. The van der Waals surface area contributed by atoms with Crippen molar-refractivity contribution in [1.29, 1.82) is 0 Å². The van der Waals surface area contributed by atoms with Gasteiger partial charge in [-0.15, -0.1) is 0 Å². The van der Waals surface area contributed by atoms with Crippen molar-refractivity contribution in [3.63, 3.8) is 0 Å². The predicted molar refractivity (Wildman–Crippen MR) is 98.8 cm³/mol. The van der Waals surface area contributed by atoms with Crippen LogP contribution in [0, 0.1) is 5.41 Å². The average Bonchev–Trinajstić information content (AvgIpc) is 2.94. The molecule has 0 aliphatic carbocycles. The SMILES string of the molecule is CCn1ncc(Cl)c1-c1cnc(CC(C)(C)C(F)(F)F)cc1C(C)C.O=C=O. The molecule has 0 aromatic carbocycles. The van der Waals surface area contributed by atoms with Crippen LogP contribution >= 0.6 is 11.6 Å². The number of hydrogen-bond acceptors (Lipinski definition) is 4. The minimum atomic E-state index is -4.28. The fourth-order valence-corrected chi connectivity index (χ4v) is 2.95. The second kappa shape index (κ2) is 9.34. The molecule has 0 saturated carbocycles. The molecule has 0 aliphatic rings. The first-order valence-electron chi connectivity index (χ1n) is 8.66. The highest BCUT2D eigenvalue weighted by molar-refractivity contribution is 6.33. The van der Waals surface area contributed by atoms with Crippen molar-refractivity contribution in [1.82, 2.24) is 14.8 Å². The highest BCUT2D eigenvalue weighted by atomic mass is 35.5. The second-order valence-corrected chi connectivity index (χ2v) is 7.62. The number of halogens is 4. The van der Waals surface area contributed by atoms with E-state index in [2.05, 4.69) is 10.1 Å². The Morgan fingerprint density at radius 1 is 1.21 bits per heavy atom. The average molecular weight is 418 g/mol. The summed E-state index contributed by atoms with van der Waals surface area (Å²) in [5, 5.41) is 4.74. The number of pyridine rings is 1. The Kier molecular flexibility index (Phi) is 7.96. The van der Waals surface area contributed by atoms with Gasteiger partial charge < -0.3 is 0 Å². The van der Waals surface area contributed by atoms with Crippen LogP contribution in [0.4, 0.5) is 13.2 Å². The van der Waals surface area contributed by atoms with Crippen LogP contribution < -0.4 is 0 Å². The lowest BCUT2D eigenvalue weighted by atomic mass is 9.85. The summed E-state index contributed by atoms with van der Waals surface area (Å²) in [7, 11) is 0. The van der Waals surface area contributed by atoms with Crippen LogP contribution in [0.25, 0.3) is 11.3 Å². The third-order valence-corrected chi connectivity index (χ3v) is 4.63. The lowest BCUT2D eigenvalue weighted by Gasteiger charge is -2.27. The van der Waals surface area contributed by atoms with Gasteiger partial charge in [0.1, 0.15) is 0 Å².